The average Bonchev–Trinajstić information content (AvgIpc) is 2.88. The summed E-state index contributed by atoms with van der Waals surface area (Å²) < 4.78 is 19.3. The van der Waals surface area contributed by atoms with Crippen molar-refractivity contribution in [1.29, 1.82) is 5.26 Å². The molecule has 0 N–H and O–H groups in total. The van der Waals surface area contributed by atoms with E-state index >= 15 is 0 Å². The van der Waals surface area contributed by atoms with Crippen LogP contribution < -0.4 is 9.64 Å². The molecule has 170 valence electrons. The highest BCUT2D eigenvalue weighted by Gasteiger charge is 2.38. The van der Waals surface area contributed by atoms with E-state index in [1.54, 1.807) is 17.0 Å². The van der Waals surface area contributed by atoms with Crippen LogP contribution in [0.15, 0.2) is 89.5 Å². The molecule has 1 saturated heterocycles. The maximum absolute atomic E-state index is 13.3. The lowest BCUT2D eigenvalue weighted by Crippen LogP contribution is -2.47. The Hall–Kier alpha value is -3.76. The van der Waals surface area contributed by atoms with Crippen molar-refractivity contribution in [3.8, 4) is 11.8 Å². The van der Waals surface area contributed by atoms with Crippen LogP contribution in [0.25, 0.3) is 0 Å². The molecule has 5 nitrogen and oxygen atoms in total. The van der Waals surface area contributed by atoms with Gasteiger partial charge < -0.3 is 9.64 Å². The van der Waals surface area contributed by atoms with Crippen molar-refractivity contribution in [3.63, 3.8) is 0 Å². The minimum absolute atomic E-state index is 0.0334. The number of fused-ring (bicyclic) bond motifs is 1. The summed E-state index contributed by atoms with van der Waals surface area (Å²) >= 11 is 1.46. The Labute approximate surface area is 202 Å². The largest absolute Gasteiger partial charge is 0.489 e. The number of nitrogens with zero attached hydrogens (tertiary/aromatic N) is 3. The Bertz CT molecular complexity index is 1270. The second-order valence-electron chi connectivity index (χ2n) is 8.19. The van der Waals surface area contributed by atoms with E-state index in [9.17, 15) is 14.4 Å². The predicted octanol–water partition coefficient (Wildman–Crippen LogP) is 5.62. The Morgan fingerprint density at radius 3 is 2.62 bits per heavy atom. The SMILES string of the molecule is N#CC1=C2SCN(c3ccc(F)cc3)CN2C(=O)C[C@H]1c1cccc(OCc2ccccc2)c1. The molecule has 0 bridgehead atoms. The number of rotatable bonds is 5. The molecule has 0 saturated carbocycles. The molecular weight excluding hydrogens is 449 g/mol. The van der Waals surface area contributed by atoms with Crippen LogP contribution in [0.2, 0.25) is 0 Å². The van der Waals surface area contributed by atoms with E-state index in [2.05, 4.69) is 6.07 Å². The Morgan fingerprint density at radius 1 is 1.06 bits per heavy atom. The van der Waals surface area contributed by atoms with E-state index in [4.69, 9.17) is 4.74 Å². The fraction of sp³-hybridized carbons (Fsp3) is 0.185. The molecule has 3 aromatic carbocycles. The number of nitriles is 1. The molecule has 2 aliphatic heterocycles. The quantitative estimate of drug-likeness (QED) is 0.483. The van der Waals surface area contributed by atoms with Crippen LogP contribution in [0.1, 0.15) is 23.5 Å². The first-order chi connectivity index (χ1) is 16.6. The van der Waals surface area contributed by atoms with Crippen LogP contribution in [0, 0.1) is 17.1 Å². The number of thioether (sulfide) groups is 1. The molecule has 0 radical (unpaired) electrons. The average molecular weight is 472 g/mol. The lowest BCUT2D eigenvalue weighted by Gasteiger charge is -2.42. The zero-order chi connectivity index (χ0) is 23.5. The molecule has 0 spiro atoms. The molecule has 0 aromatic heterocycles. The van der Waals surface area contributed by atoms with Crippen molar-refractivity contribution in [2.75, 3.05) is 17.4 Å². The van der Waals surface area contributed by atoms with E-state index in [-0.39, 0.29) is 24.1 Å². The van der Waals surface area contributed by atoms with E-state index in [0.717, 1.165) is 16.8 Å². The second-order valence-corrected chi connectivity index (χ2v) is 9.12. The predicted molar refractivity (Wildman–Crippen MR) is 130 cm³/mol. The number of halogens is 1. The summed E-state index contributed by atoms with van der Waals surface area (Å²) in [6.45, 7) is 0.786. The zero-order valence-corrected chi connectivity index (χ0v) is 19.2. The molecular formula is C27H22FN3O2S. The summed E-state index contributed by atoms with van der Waals surface area (Å²) in [4.78, 5) is 16.8. The molecule has 1 fully saturated rings. The minimum Gasteiger partial charge on any atom is -0.489 e. The van der Waals surface area contributed by atoms with E-state index in [1.807, 2.05) is 59.5 Å². The lowest BCUT2D eigenvalue weighted by atomic mass is 9.86. The third-order valence-corrected chi connectivity index (χ3v) is 7.15. The molecule has 1 amide bonds. The number of carbonyl (C=O) groups excluding carboxylic acids is 1. The molecule has 7 heteroatoms. The van der Waals surface area contributed by atoms with Crippen molar-refractivity contribution >= 4 is 23.4 Å². The van der Waals surface area contributed by atoms with Gasteiger partial charge in [-0.3, -0.25) is 9.69 Å². The highest BCUT2D eigenvalue weighted by atomic mass is 32.2. The third-order valence-electron chi connectivity index (χ3n) is 5.99. The molecule has 1 atom stereocenters. The molecule has 0 aliphatic carbocycles. The summed E-state index contributed by atoms with van der Waals surface area (Å²) in [5.41, 5.74) is 3.40. The molecule has 5 rings (SSSR count). The molecule has 3 aromatic rings. The summed E-state index contributed by atoms with van der Waals surface area (Å²) in [6.07, 6.45) is 0.215. The van der Waals surface area contributed by atoms with Gasteiger partial charge in [-0.2, -0.15) is 5.26 Å². The maximum Gasteiger partial charge on any atom is 0.229 e. The topological polar surface area (TPSA) is 56.6 Å². The standard InChI is InChI=1S/C27H22FN3O2S/c28-21-9-11-22(12-10-21)30-17-31-26(32)14-24(25(15-29)27(31)34-18-30)20-7-4-8-23(13-20)33-16-19-5-2-1-3-6-19/h1-13,24H,14,16-18H2/t24-/m0/s1. The highest BCUT2D eigenvalue weighted by Crippen LogP contribution is 2.43. The normalized spacial score (nSPS) is 17.9. The number of benzene rings is 3. The van der Waals surface area contributed by atoms with Crippen molar-refractivity contribution in [3.05, 3.63) is 106 Å². The smallest absolute Gasteiger partial charge is 0.229 e. The van der Waals surface area contributed by atoms with Gasteiger partial charge in [-0.1, -0.05) is 54.2 Å². The maximum atomic E-state index is 13.3. The van der Waals surface area contributed by atoms with Gasteiger partial charge in [0, 0.05) is 18.0 Å². The zero-order valence-electron chi connectivity index (χ0n) is 18.4. The van der Waals surface area contributed by atoms with Gasteiger partial charge in [-0.05, 0) is 47.5 Å². The van der Waals surface area contributed by atoms with Gasteiger partial charge in [0.15, 0.2) is 0 Å². The fourth-order valence-corrected chi connectivity index (χ4v) is 5.39. The number of allylic oxidation sites excluding steroid dienone is 1. The van der Waals surface area contributed by atoms with Gasteiger partial charge in [0.2, 0.25) is 5.91 Å². The number of hydrogen-bond acceptors (Lipinski definition) is 5. The Kier molecular flexibility index (Phi) is 6.24. The van der Waals surface area contributed by atoms with Crippen LogP contribution in [0.3, 0.4) is 0 Å². The summed E-state index contributed by atoms with van der Waals surface area (Å²) in [7, 11) is 0. The van der Waals surface area contributed by atoms with E-state index < -0.39 is 0 Å². The van der Waals surface area contributed by atoms with Crippen molar-refractivity contribution in [2.24, 2.45) is 0 Å². The van der Waals surface area contributed by atoms with Crippen LogP contribution in [0.4, 0.5) is 10.1 Å². The minimum atomic E-state index is -0.311. The van der Waals surface area contributed by atoms with Crippen molar-refractivity contribution in [2.45, 2.75) is 18.9 Å². The summed E-state index contributed by atoms with van der Waals surface area (Å²) in [5, 5.41) is 10.7. The van der Waals surface area contributed by atoms with Crippen LogP contribution in [-0.2, 0) is 11.4 Å². The molecule has 2 heterocycles. The monoisotopic (exact) mass is 471 g/mol. The number of anilines is 1. The summed E-state index contributed by atoms with van der Waals surface area (Å²) in [5.74, 6) is 0.635. The van der Waals surface area contributed by atoms with Gasteiger partial charge in [0.1, 0.15) is 18.2 Å². The van der Waals surface area contributed by atoms with Gasteiger partial charge in [-0.25, -0.2) is 4.39 Å². The van der Waals surface area contributed by atoms with Gasteiger partial charge in [-0.15, -0.1) is 0 Å². The first-order valence-corrected chi connectivity index (χ1v) is 12.0. The molecule has 2 aliphatic rings. The first-order valence-electron chi connectivity index (χ1n) is 11.0. The Balaban J connectivity index is 1.37. The Morgan fingerprint density at radius 2 is 1.85 bits per heavy atom. The fourth-order valence-electron chi connectivity index (χ4n) is 4.22. The lowest BCUT2D eigenvalue weighted by molar-refractivity contribution is -0.129. The van der Waals surface area contributed by atoms with Crippen molar-refractivity contribution < 1.29 is 13.9 Å². The number of carbonyl (C=O) groups is 1. The van der Waals surface area contributed by atoms with Crippen molar-refractivity contribution in [1.82, 2.24) is 4.90 Å². The molecule has 34 heavy (non-hydrogen) atoms. The van der Waals surface area contributed by atoms with Crippen LogP contribution in [-0.4, -0.2) is 23.4 Å². The number of ether oxygens (including phenoxy) is 1. The third kappa shape index (κ3) is 4.50. The number of amides is 1. The first kappa shape index (κ1) is 22.1. The van der Waals surface area contributed by atoms with Crippen LogP contribution in [0.5, 0.6) is 5.75 Å². The second kappa shape index (κ2) is 9.62. The summed E-state index contributed by atoms with van der Waals surface area (Å²) in [6, 6.07) is 26.2. The van der Waals surface area contributed by atoms with Crippen LogP contribution >= 0.6 is 11.8 Å². The van der Waals surface area contributed by atoms with Gasteiger partial charge >= 0.3 is 0 Å². The van der Waals surface area contributed by atoms with E-state index in [1.165, 1.54) is 23.9 Å². The number of hydrogen-bond donors (Lipinski definition) is 0. The van der Waals surface area contributed by atoms with E-state index in [0.29, 0.717) is 35.5 Å². The van der Waals surface area contributed by atoms with Gasteiger partial charge in [0.05, 0.1) is 29.2 Å². The van der Waals surface area contributed by atoms with Gasteiger partial charge in [0.25, 0.3) is 0 Å². The molecule has 0 unspecified atom stereocenters. The highest BCUT2D eigenvalue weighted by molar-refractivity contribution is 8.03.